The molecule has 0 saturated carbocycles. The maximum absolute atomic E-state index is 5.72. The minimum Gasteiger partial charge on any atom is -0.381 e. The molecule has 3 heteroatoms. The highest BCUT2D eigenvalue weighted by Crippen LogP contribution is 2.31. The number of ether oxygens (including phenoxy) is 1. The average molecular weight is 223 g/mol. The van der Waals surface area contributed by atoms with Gasteiger partial charge >= 0.3 is 0 Å². The van der Waals surface area contributed by atoms with Crippen molar-refractivity contribution in [2.75, 3.05) is 13.2 Å². The number of nitrogens with two attached hydrogens (primary N) is 1. The first-order valence-electron chi connectivity index (χ1n) is 5.42. The van der Waals surface area contributed by atoms with Crippen molar-refractivity contribution in [3.63, 3.8) is 0 Å². The molecule has 0 amide bonds. The molecular weight excluding hydrogens is 206 g/mol. The lowest BCUT2D eigenvalue weighted by molar-refractivity contribution is 0.100. The average Bonchev–Trinajstić information content (AvgIpc) is 2.31. The standard InChI is InChI=1S/C12H17NOS/c13-9-10-3-1-2-4-12(10)15-11-5-7-14-8-6-11/h1-4,11H,5-9,13H2. The van der Waals surface area contributed by atoms with Gasteiger partial charge in [-0.2, -0.15) is 0 Å². The first-order chi connectivity index (χ1) is 7.40. The molecular formula is C12H17NOS. The summed E-state index contributed by atoms with van der Waals surface area (Å²) in [5, 5.41) is 0.700. The largest absolute Gasteiger partial charge is 0.381 e. The molecule has 15 heavy (non-hydrogen) atoms. The smallest absolute Gasteiger partial charge is 0.0476 e. The van der Waals surface area contributed by atoms with Gasteiger partial charge in [0.15, 0.2) is 0 Å². The molecule has 0 bridgehead atoms. The van der Waals surface area contributed by atoms with Gasteiger partial charge < -0.3 is 10.5 Å². The molecule has 0 aliphatic carbocycles. The van der Waals surface area contributed by atoms with E-state index in [0.29, 0.717) is 11.8 Å². The lowest BCUT2D eigenvalue weighted by atomic mass is 10.2. The molecule has 0 aromatic heterocycles. The Morgan fingerprint density at radius 2 is 2.00 bits per heavy atom. The number of rotatable bonds is 3. The molecule has 1 aliphatic heterocycles. The molecule has 1 fully saturated rings. The Labute approximate surface area is 95.2 Å². The Bertz CT molecular complexity index is 310. The van der Waals surface area contributed by atoms with Crippen molar-refractivity contribution < 1.29 is 4.74 Å². The van der Waals surface area contributed by atoms with E-state index in [1.54, 1.807) is 0 Å². The van der Waals surface area contributed by atoms with E-state index in [9.17, 15) is 0 Å². The third-order valence-corrected chi connectivity index (χ3v) is 4.11. The minimum atomic E-state index is 0.631. The van der Waals surface area contributed by atoms with Gasteiger partial charge in [-0.05, 0) is 24.5 Å². The van der Waals surface area contributed by atoms with Gasteiger partial charge in [-0.15, -0.1) is 11.8 Å². The van der Waals surface area contributed by atoms with E-state index in [-0.39, 0.29) is 0 Å². The molecule has 2 rings (SSSR count). The third-order valence-electron chi connectivity index (χ3n) is 2.65. The summed E-state index contributed by atoms with van der Waals surface area (Å²) in [6.07, 6.45) is 2.31. The van der Waals surface area contributed by atoms with Crippen molar-refractivity contribution in [1.82, 2.24) is 0 Å². The Kier molecular flexibility index (Phi) is 4.06. The maximum Gasteiger partial charge on any atom is 0.0476 e. The first-order valence-corrected chi connectivity index (χ1v) is 6.30. The Balaban J connectivity index is 2.02. The van der Waals surface area contributed by atoms with Crippen LogP contribution < -0.4 is 5.73 Å². The van der Waals surface area contributed by atoms with Gasteiger partial charge in [-0.1, -0.05) is 18.2 Å². The summed E-state index contributed by atoms with van der Waals surface area (Å²) in [6, 6.07) is 8.42. The highest BCUT2D eigenvalue weighted by molar-refractivity contribution is 8.00. The van der Waals surface area contributed by atoms with Crippen LogP contribution in [-0.4, -0.2) is 18.5 Å². The Hall–Kier alpha value is -0.510. The molecule has 0 spiro atoms. The van der Waals surface area contributed by atoms with Crippen molar-refractivity contribution in [3.05, 3.63) is 29.8 Å². The predicted octanol–water partition coefficient (Wildman–Crippen LogP) is 2.42. The molecule has 0 unspecified atom stereocenters. The third kappa shape index (κ3) is 2.97. The van der Waals surface area contributed by atoms with E-state index in [0.717, 1.165) is 26.1 Å². The fourth-order valence-electron chi connectivity index (χ4n) is 1.76. The van der Waals surface area contributed by atoms with Gasteiger partial charge in [-0.3, -0.25) is 0 Å². The quantitative estimate of drug-likeness (QED) is 0.854. The molecule has 1 aromatic rings. The van der Waals surface area contributed by atoms with Crippen molar-refractivity contribution in [3.8, 4) is 0 Å². The van der Waals surface area contributed by atoms with Crippen molar-refractivity contribution in [2.24, 2.45) is 5.73 Å². The zero-order valence-electron chi connectivity index (χ0n) is 8.82. The van der Waals surface area contributed by atoms with Crippen molar-refractivity contribution in [1.29, 1.82) is 0 Å². The van der Waals surface area contributed by atoms with Crippen molar-refractivity contribution in [2.45, 2.75) is 29.5 Å². The second-order valence-corrected chi connectivity index (χ2v) is 5.08. The van der Waals surface area contributed by atoms with E-state index in [1.165, 1.54) is 10.5 Å². The van der Waals surface area contributed by atoms with Crippen LogP contribution in [0.5, 0.6) is 0 Å². The fraction of sp³-hybridized carbons (Fsp3) is 0.500. The molecule has 1 heterocycles. The molecule has 82 valence electrons. The number of hydrogen-bond acceptors (Lipinski definition) is 3. The highest BCUT2D eigenvalue weighted by atomic mass is 32.2. The molecule has 0 radical (unpaired) electrons. The number of hydrogen-bond donors (Lipinski definition) is 1. The summed E-state index contributed by atoms with van der Waals surface area (Å²) >= 11 is 1.96. The van der Waals surface area contributed by atoms with Crippen LogP contribution in [0.1, 0.15) is 18.4 Å². The Morgan fingerprint density at radius 1 is 1.27 bits per heavy atom. The van der Waals surface area contributed by atoms with Crippen LogP contribution in [0.4, 0.5) is 0 Å². The van der Waals surface area contributed by atoms with Crippen LogP contribution in [0.25, 0.3) is 0 Å². The second kappa shape index (κ2) is 5.54. The van der Waals surface area contributed by atoms with Crippen LogP contribution >= 0.6 is 11.8 Å². The number of thioether (sulfide) groups is 1. The lowest BCUT2D eigenvalue weighted by Gasteiger charge is -2.22. The zero-order valence-corrected chi connectivity index (χ0v) is 9.63. The summed E-state index contributed by atoms with van der Waals surface area (Å²) in [5.41, 5.74) is 6.98. The summed E-state index contributed by atoms with van der Waals surface area (Å²) in [4.78, 5) is 1.34. The lowest BCUT2D eigenvalue weighted by Crippen LogP contribution is -2.17. The molecule has 1 aliphatic rings. The maximum atomic E-state index is 5.72. The van der Waals surface area contributed by atoms with Crippen LogP contribution in [0.2, 0.25) is 0 Å². The van der Waals surface area contributed by atoms with Crippen LogP contribution in [0.15, 0.2) is 29.2 Å². The van der Waals surface area contributed by atoms with Crippen LogP contribution in [0, 0.1) is 0 Å². The summed E-state index contributed by atoms with van der Waals surface area (Å²) in [6.45, 7) is 2.44. The van der Waals surface area contributed by atoms with Gasteiger partial charge in [-0.25, -0.2) is 0 Å². The van der Waals surface area contributed by atoms with Gasteiger partial charge in [0, 0.05) is 29.9 Å². The van der Waals surface area contributed by atoms with Gasteiger partial charge in [0.2, 0.25) is 0 Å². The van der Waals surface area contributed by atoms with Crippen molar-refractivity contribution >= 4 is 11.8 Å². The molecule has 2 N–H and O–H groups in total. The van der Waals surface area contributed by atoms with Gasteiger partial charge in [0.05, 0.1) is 0 Å². The van der Waals surface area contributed by atoms with E-state index in [2.05, 4.69) is 24.3 Å². The minimum absolute atomic E-state index is 0.631. The van der Waals surface area contributed by atoms with E-state index >= 15 is 0 Å². The van der Waals surface area contributed by atoms with E-state index in [4.69, 9.17) is 10.5 Å². The first kappa shape index (κ1) is 11.0. The summed E-state index contributed by atoms with van der Waals surface area (Å²) in [5.74, 6) is 0. The number of benzene rings is 1. The van der Waals surface area contributed by atoms with Gasteiger partial charge in [0.1, 0.15) is 0 Å². The topological polar surface area (TPSA) is 35.2 Å². The summed E-state index contributed by atoms with van der Waals surface area (Å²) < 4.78 is 5.36. The summed E-state index contributed by atoms with van der Waals surface area (Å²) in [7, 11) is 0. The van der Waals surface area contributed by atoms with E-state index in [1.807, 2.05) is 11.8 Å². The molecule has 1 saturated heterocycles. The zero-order chi connectivity index (χ0) is 10.5. The van der Waals surface area contributed by atoms with Crippen LogP contribution in [-0.2, 0) is 11.3 Å². The van der Waals surface area contributed by atoms with E-state index < -0.39 is 0 Å². The second-order valence-electron chi connectivity index (χ2n) is 3.74. The predicted molar refractivity (Wildman–Crippen MR) is 64.0 cm³/mol. The normalized spacial score (nSPS) is 17.9. The van der Waals surface area contributed by atoms with Gasteiger partial charge in [0.25, 0.3) is 0 Å². The fourth-order valence-corrected chi connectivity index (χ4v) is 3.01. The SMILES string of the molecule is NCc1ccccc1SC1CCOCC1. The monoisotopic (exact) mass is 223 g/mol. The molecule has 1 aromatic carbocycles. The Morgan fingerprint density at radius 3 is 2.73 bits per heavy atom. The van der Waals surface area contributed by atoms with Crippen LogP contribution in [0.3, 0.4) is 0 Å². The highest BCUT2D eigenvalue weighted by Gasteiger charge is 2.15. The molecule has 0 atom stereocenters. The molecule has 2 nitrogen and oxygen atoms in total.